The van der Waals surface area contributed by atoms with Crippen molar-refractivity contribution in [3.63, 3.8) is 0 Å². The SMILES string of the molecule is COC(=O)c1nc(C(=O)OC)c(Cl)c(Cl)c1Cl. The van der Waals surface area contributed by atoms with Gasteiger partial charge in [-0.15, -0.1) is 0 Å². The van der Waals surface area contributed by atoms with Crippen molar-refractivity contribution in [1.29, 1.82) is 0 Å². The standard InChI is InChI=1S/C9H6Cl3NO4/c1-16-8(14)6-4(11)3(10)5(12)7(13-6)9(15)17-2/h1-2H3. The smallest absolute Gasteiger partial charge is 0.358 e. The molecule has 0 saturated heterocycles. The highest BCUT2D eigenvalue weighted by Gasteiger charge is 2.25. The van der Waals surface area contributed by atoms with Crippen molar-refractivity contribution in [3.05, 3.63) is 26.5 Å². The molecule has 0 atom stereocenters. The van der Waals surface area contributed by atoms with E-state index in [-0.39, 0.29) is 26.5 Å². The number of aromatic nitrogens is 1. The van der Waals surface area contributed by atoms with Gasteiger partial charge in [-0.1, -0.05) is 34.8 Å². The lowest BCUT2D eigenvalue weighted by Gasteiger charge is -2.08. The number of pyridine rings is 1. The fraction of sp³-hybridized carbons (Fsp3) is 0.222. The average Bonchev–Trinajstić information content (AvgIpc) is 2.34. The van der Waals surface area contributed by atoms with Gasteiger partial charge < -0.3 is 9.47 Å². The van der Waals surface area contributed by atoms with Crippen molar-refractivity contribution >= 4 is 46.7 Å². The van der Waals surface area contributed by atoms with Crippen LogP contribution in [0.4, 0.5) is 0 Å². The highest BCUT2D eigenvalue weighted by molar-refractivity contribution is 6.49. The van der Waals surface area contributed by atoms with Gasteiger partial charge in [0.25, 0.3) is 0 Å². The van der Waals surface area contributed by atoms with Gasteiger partial charge in [0.05, 0.1) is 29.3 Å². The van der Waals surface area contributed by atoms with E-state index in [1.165, 1.54) is 0 Å². The Hall–Kier alpha value is -1.04. The number of carbonyl (C=O) groups is 2. The minimum absolute atomic E-state index is 0.163. The predicted octanol–water partition coefficient (Wildman–Crippen LogP) is 2.62. The van der Waals surface area contributed by atoms with Gasteiger partial charge in [-0.05, 0) is 0 Å². The van der Waals surface area contributed by atoms with Crippen molar-refractivity contribution in [2.24, 2.45) is 0 Å². The normalized spacial score (nSPS) is 9.94. The molecule has 0 amide bonds. The maximum Gasteiger partial charge on any atom is 0.358 e. The molecular weight excluding hydrogens is 292 g/mol. The number of esters is 2. The second-order valence-electron chi connectivity index (χ2n) is 2.73. The lowest BCUT2D eigenvalue weighted by Crippen LogP contribution is -2.12. The molecule has 92 valence electrons. The number of nitrogens with zero attached hydrogens (tertiary/aromatic N) is 1. The molecule has 0 unspecified atom stereocenters. The summed E-state index contributed by atoms with van der Waals surface area (Å²) in [7, 11) is 2.28. The zero-order valence-corrected chi connectivity index (χ0v) is 11.0. The van der Waals surface area contributed by atoms with Gasteiger partial charge in [-0.3, -0.25) is 0 Å². The molecule has 0 saturated carbocycles. The fourth-order valence-electron chi connectivity index (χ4n) is 0.978. The number of rotatable bonds is 2. The zero-order chi connectivity index (χ0) is 13.2. The van der Waals surface area contributed by atoms with Crippen LogP contribution in [0.3, 0.4) is 0 Å². The molecular formula is C9H6Cl3NO4. The van der Waals surface area contributed by atoms with Crippen LogP contribution >= 0.6 is 34.8 Å². The van der Waals surface area contributed by atoms with E-state index in [1.54, 1.807) is 0 Å². The minimum Gasteiger partial charge on any atom is -0.464 e. The molecule has 1 heterocycles. The second kappa shape index (κ2) is 5.53. The Morgan fingerprint density at radius 1 is 0.882 bits per heavy atom. The van der Waals surface area contributed by atoms with Crippen molar-refractivity contribution in [2.45, 2.75) is 0 Å². The van der Waals surface area contributed by atoms with Gasteiger partial charge in [0, 0.05) is 0 Å². The third kappa shape index (κ3) is 2.62. The molecule has 1 rings (SSSR count). The summed E-state index contributed by atoms with van der Waals surface area (Å²) < 4.78 is 8.88. The van der Waals surface area contributed by atoms with Crippen LogP contribution in [0.25, 0.3) is 0 Å². The van der Waals surface area contributed by atoms with Crippen LogP contribution in [0.5, 0.6) is 0 Å². The summed E-state index contributed by atoms with van der Waals surface area (Å²) in [4.78, 5) is 26.4. The summed E-state index contributed by atoms with van der Waals surface area (Å²) in [6, 6.07) is 0. The molecule has 0 N–H and O–H groups in total. The topological polar surface area (TPSA) is 65.5 Å². The Morgan fingerprint density at radius 2 is 1.24 bits per heavy atom. The number of methoxy groups -OCH3 is 2. The van der Waals surface area contributed by atoms with Crippen LogP contribution in [0, 0.1) is 0 Å². The molecule has 8 heteroatoms. The number of hydrogen-bond donors (Lipinski definition) is 0. The summed E-state index contributed by atoms with van der Waals surface area (Å²) in [5, 5.41) is -0.531. The maximum absolute atomic E-state index is 11.3. The van der Waals surface area contributed by atoms with E-state index >= 15 is 0 Å². The first-order chi connectivity index (χ1) is 7.93. The Morgan fingerprint density at radius 3 is 1.53 bits per heavy atom. The van der Waals surface area contributed by atoms with E-state index in [2.05, 4.69) is 14.5 Å². The predicted molar refractivity (Wildman–Crippen MR) is 61.9 cm³/mol. The van der Waals surface area contributed by atoms with Crippen LogP contribution in [0.15, 0.2) is 0 Å². The summed E-state index contributed by atoms with van der Waals surface area (Å²) in [6.45, 7) is 0. The quantitative estimate of drug-likeness (QED) is 0.785. The van der Waals surface area contributed by atoms with Gasteiger partial charge >= 0.3 is 11.9 Å². The van der Waals surface area contributed by atoms with Crippen molar-refractivity contribution in [2.75, 3.05) is 14.2 Å². The molecule has 0 aromatic carbocycles. The zero-order valence-electron chi connectivity index (χ0n) is 8.71. The Labute approximate surface area is 112 Å². The maximum atomic E-state index is 11.3. The van der Waals surface area contributed by atoms with Gasteiger partial charge in [0.15, 0.2) is 11.4 Å². The first-order valence-electron chi connectivity index (χ1n) is 4.15. The van der Waals surface area contributed by atoms with E-state index in [1.807, 2.05) is 0 Å². The minimum atomic E-state index is -0.835. The number of ether oxygens (including phenoxy) is 2. The highest BCUT2D eigenvalue weighted by atomic mass is 35.5. The van der Waals surface area contributed by atoms with Gasteiger partial charge in [-0.25, -0.2) is 14.6 Å². The van der Waals surface area contributed by atoms with Crippen molar-refractivity contribution in [1.82, 2.24) is 4.98 Å². The Bertz CT molecular complexity index is 449. The number of carbonyl (C=O) groups excluding carboxylic acids is 2. The molecule has 0 radical (unpaired) electrons. The molecule has 0 fully saturated rings. The Balaban J connectivity index is 3.49. The molecule has 17 heavy (non-hydrogen) atoms. The lowest BCUT2D eigenvalue weighted by molar-refractivity contribution is 0.0586. The number of hydrogen-bond acceptors (Lipinski definition) is 5. The summed E-state index contributed by atoms with van der Waals surface area (Å²) in [6.07, 6.45) is 0. The van der Waals surface area contributed by atoms with Crippen LogP contribution in [0.1, 0.15) is 21.0 Å². The van der Waals surface area contributed by atoms with Crippen molar-refractivity contribution < 1.29 is 19.1 Å². The molecule has 5 nitrogen and oxygen atoms in total. The van der Waals surface area contributed by atoms with Gasteiger partial charge in [0.2, 0.25) is 0 Å². The largest absolute Gasteiger partial charge is 0.464 e. The summed E-state index contributed by atoms with van der Waals surface area (Å²) in [5.41, 5.74) is -0.604. The molecule has 0 aliphatic rings. The van der Waals surface area contributed by atoms with E-state index in [4.69, 9.17) is 34.8 Å². The lowest BCUT2D eigenvalue weighted by atomic mass is 10.3. The van der Waals surface area contributed by atoms with E-state index < -0.39 is 11.9 Å². The fourth-order valence-corrected chi connectivity index (χ4v) is 1.63. The van der Waals surface area contributed by atoms with Crippen molar-refractivity contribution in [3.8, 4) is 0 Å². The van der Waals surface area contributed by atoms with E-state index in [0.717, 1.165) is 14.2 Å². The first kappa shape index (κ1) is 14.0. The summed E-state index contributed by atoms with van der Waals surface area (Å²) in [5.74, 6) is -1.67. The van der Waals surface area contributed by atoms with Gasteiger partial charge in [-0.2, -0.15) is 0 Å². The first-order valence-corrected chi connectivity index (χ1v) is 5.28. The molecule has 0 aliphatic carbocycles. The molecule has 0 aliphatic heterocycles. The second-order valence-corrected chi connectivity index (χ2v) is 3.87. The Kier molecular flexibility index (Phi) is 4.56. The van der Waals surface area contributed by atoms with Crippen LogP contribution in [-0.2, 0) is 9.47 Å². The third-order valence-electron chi connectivity index (χ3n) is 1.78. The van der Waals surface area contributed by atoms with Crippen LogP contribution in [-0.4, -0.2) is 31.1 Å². The summed E-state index contributed by atoms with van der Waals surface area (Å²) >= 11 is 17.3. The van der Waals surface area contributed by atoms with Crippen LogP contribution in [0.2, 0.25) is 15.1 Å². The molecule has 0 bridgehead atoms. The van der Waals surface area contributed by atoms with Gasteiger partial charge in [0.1, 0.15) is 0 Å². The van der Waals surface area contributed by atoms with E-state index in [0.29, 0.717) is 0 Å². The molecule has 1 aromatic heterocycles. The molecule has 0 spiro atoms. The molecule has 1 aromatic rings. The third-order valence-corrected chi connectivity index (χ3v) is 3.09. The monoisotopic (exact) mass is 297 g/mol. The van der Waals surface area contributed by atoms with Crippen LogP contribution < -0.4 is 0 Å². The highest BCUT2D eigenvalue weighted by Crippen LogP contribution is 2.34. The number of halogens is 3. The van der Waals surface area contributed by atoms with E-state index in [9.17, 15) is 9.59 Å². The average molecular weight is 299 g/mol.